The summed E-state index contributed by atoms with van der Waals surface area (Å²) in [7, 11) is 3.01. The molecule has 1 aromatic carbocycles. The molecule has 152 valence electrons. The smallest absolute Gasteiger partial charge is 0.325 e. The number of hydrogen-bond acceptors (Lipinski definition) is 5. The van der Waals surface area contributed by atoms with Gasteiger partial charge in [0.05, 0.1) is 19.9 Å². The summed E-state index contributed by atoms with van der Waals surface area (Å²) in [6.45, 7) is 1.80. The second kappa shape index (κ2) is 8.08. The maximum absolute atomic E-state index is 12.9. The summed E-state index contributed by atoms with van der Waals surface area (Å²) in [5, 5.41) is 5.53. The van der Waals surface area contributed by atoms with Crippen molar-refractivity contribution in [1.82, 2.24) is 10.2 Å². The van der Waals surface area contributed by atoms with E-state index < -0.39 is 17.5 Å². The van der Waals surface area contributed by atoms with Crippen molar-refractivity contribution in [2.24, 2.45) is 5.92 Å². The Morgan fingerprint density at radius 3 is 2.57 bits per heavy atom. The Balaban J connectivity index is 1.68. The highest BCUT2D eigenvalue weighted by molar-refractivity contribution is 6.10. The van der Waals surface area contributed by atoms with E-state index in [1.54, 1.807) is 18.2 Å². The lowest BCUT2D eigenvalue weighted by molar-refractivity contribution is -0.135. The van der Waals surface area contributed by atoms with Crippen LogP contribution in [0.5, 0.6) is 11.5 Å². The molecule has 0 radical (unpaired) electrons. The van der Waals surface area contributed by atoms with E-state index in [2.05, 4.69) is 17.6 Å². The molecule has 1 aliphatic carbocycles. The SMILES string of the molecule is CCC1CCC2(CC1)NC(=O)N(CC(=O)Nc1cc(OC)ccc1OC)C2=O. The Kier molecular flexibility index (Phi) is 5.76. The zero-order valence-corrected chi connectivity index (χ0v) is 16.5. The minimum absolute atomic E-state index is 0.306. The lowest BCUT2D eigenvalue weighted by Gasteiger charge is -2.34. The summed E-state index contributed by atoms with van der Waals surface area (Å²) >= 11 is 0. The molecule has 0 bridgehead atoms. The Morgan fingerprint density at radius 1 is 1.25 bits per heavy atom. The molecule has 0 aromatic heterocycles. The van der Waals surface area contributed by atoms with E-state index in [1.807, 2.05) is 0 Å². The van der Waals surface area contributed by atoms with Gasteiger partial charge in [0.25, 0.3) is 5.91 Å². The van der Waals surface area contributed by atoms with Crippen LogP contribution in [0.15, 0.2) is 18.2 Å². The Hall–Kier alpha value is -2.77. The third kappa shape index (κ3) is 3.76. The van der Waals surface area contributed by atoms with Crippen LogP contribution in [-0.4, -0.2) is 49.0 Å². The summed E-state index contributed by atoms with van der Waals surface area (Å²) < 4.78 is 10.4. The number of hydrogen-bond donors (Lipinski definition) is 2. The first-order chi connectivity index (χ1) is 13.4. The summed E-state index contributed by atoms with van der Waals surface area (Å²) in [5.41, 5.74) is -0.437. The standard InChI is InChI=1S/C20H27N3O5/c1-4-13-7-9-20(10-8-13)18(25)23(19(26)22-20)12-17(24)21-15-11-14(27-2)5-6-16(15)28-3/h5-6,11,13H,4,7-10,12H2,1-3H3,(H,21,24)(H,22,26). The third-order valence-corrected chi connectivity index (χ3v) is 5.76. The highest BCUT2D eigenvalue weighted by Crippen LogP contribution is 2.37. The van der Waals surface area contributed by atoms with Crippen LogP contribution in [0.4, 0.5) is 10.5 Å². The monoisotopic (exact) mass is 389 g/mol. The van der Waals surface area contributed by atoms with E-state index >= 15 is 0 Å². The van der Waals surface area contributed by atoms with Gasteiger partial charge in [-0.3, -0.25) is 14.5 Å². The van der Waals surface area contributed by atoms with Gasteiger partial charge < -0.3 is 20.1 Å². The van der Waals surface area contributed by atoms with E-state index in [4.69, 9.17) is 9.47 Å². The average molecular weight is 389 g/mol. The molecule has 1 aromatic rings. The molecular formula is C20H27N3O5. The second-order valence-corrected chi connectivity index (χ2v) is 7.37. The fourth-order valence-electron chi connectivity index (χ4n) is 3.98. The van der Waals surface area contributed by atoms with Crippen molar-refractivity contribution in [2.45, 2.75) is 44.6 Å². The molecule has 28 heavy (non-hydrogen) atoms. The number of nitrogens with zero attached hydrogens (tertiary/aromatic N) is 1. The van der Waals surface area contributed by atoms with Crippen LogP contribution in [0, 0.1) is 5.92 Å². The van der Waals surface area contributed by atoms with Crippen molar-refractivity contribution in [3.63, 3.8) is 0 Å². The molecule has 2 fully saturated rings. The number of urea groups is 1. The Morgan fingerprint density at radius 2 is 1.96 bits per heavy atom. The molecule has 0 unspecified atom stereocenters. The molecule has 2 N–H and O–H groups in total. The van der Waals surface area contributed by atoms with Crippen molar-refractivity contribution in [3.8, 4) is 11.5 Å². The lowest BCUT2D eigenvalue weighted by atomic mass is 9.75. The van der Waals surface area contributed by atoms with Crippen molar-refractivity contribution in [2.75, 3.05) is 26.1 Å². The van der Waals surface area contributed by atoms with Crippen LogP contribution >= 0.6 is 0 Å². The van der Waals surface area contributed by atoms with Gasteiger partial charge in [-0.05, 0) is 43.7 Å². The summed E-state index contributed by atoms with van der Waals surface area (Å²) in [6.07, 6.45) is 4.13. The molecule has 8 nitrogen and oxygen atoms in total. The van der Waals surface area contributed by atoms with Gasteiger partial charge in [-0.15, -0.1) is 0 Å². The van der Waals surface area contributed by atoms with Crippen molar-refractivity contribution >= 4 is 23.5 Å². The maximum Gasteiger partial charge on any atom is 0.325 e. The first-order valence-corrected chi connectivity index (χ1v) is 9.58. The minimum atomic E-state index is -0.851. The Labute approximate surface area is 164 Å². The summed E-state index contributed by atoms with van der Waals surface area (Å²) in [4.78, 5) is 38.8. The fraction of sp³-hybridized carbons (Fsp3) is 0.550. The first kappa shape index (κ1) is 20.0. The predicted octanol–water partition coefficient (Wildman–Crippen LogP) is 2.53. The number of nitrogens with one attached hydrogen (secondary N) is 2. The zero-order valence-electron chi connectivity index (χ0n) is 16.5. The van der Waals surface area contributed by atoms with E-state index in [9.17, 15) is 14.4 Å². The van der Waals surface area contributed by atoms with Crippen LogP contribution in [0.3, 0.4) is 0 Å². The molecule has 0 atom stereocenters. The van der Waals surface area contributed by atoms with Gasteiger partial charge in [0.2, 0.25) is 5.91 Å². The number of carbonyl (C=O) groups is 3. The number of benzene rings is 1. The number of anilines is 1. The van der Waals surface area contributed by atoms with Gasteiger partial charge >= 0.3 is 6.03 Å². The zero-order chi connectivity index (χ0) is 20.3. The van der Waals surface area contributed by atoms with E-state index in [0.717, 1.165) is 24.2 Å². The van der Waals surface area contributed by atoms with Crippen LogP contribution in [-0.2, 0) is 9.59 Å². The molecule has 3 rings (SSSR count). The molecule has 4 amide bonds. The first-order valence-electron chi connectivity index (χ1n) is 9.58. The van der Waals surface area contributed by atoms with Crippen molar-refractivity contribution < 1.29 is 23.9 Å². The number of imide groups is 1. The van der Waals surface area contributed by atoms with Gasteiger partial charge in [-0.25, -0.2) is 4.79 Å². The molecule has 1 saturated carbocycles. The van der Waals surface area contributed by atoms with Gasteiger partial charge in [0.1, 0.15) is 23.6 Å². The predicted molar refractivity (Wildman–Crippen MR) is 103 cm³/mol. The van der Waals surface area contributed by atoms with Crippen molar-refractivity contribution in [1.29, 1.82) is 0 Å². The molecule has 1 aliphatic heterocycles. The lowest BCUT2D eigenvalue weighted by Crippen LogP contribution is -2.49. The molecule has 8 heteroatoms. The number of amides is 4. The van der Waals surface area contributed by atoms with Crippen LogP contribution in [0.1, 0.15) is 39.0 Å². The highest BCUT2D eigenvalue weighted by Gasteiger charge is 2.52. The quantitative estimate of drug-likeness (QED) is 0.729. The summed E-state index contributed by atoms with van der Waals surface area (Å²) in [5.74, 6) is 0.820. The summed E-state index contributed by atoms with van der Waals surface area (Å²) in [6, 6.07) is 4.50. The number of carbonyl (C=O) groups excluding carboxylic acids is 3. The fourth-order valence-corrected chi connectivity index (χ4v) is 3.98. The molecule has 1 saturated heterocycles. The number of rotatable bonds is 6. The largest absolute Gasteiger partial charge is 0.497 e. The highest BCUT2D eigenvalue weighted by atomic mass is 16.5. The van der Waals surface area contributed by atoms with Crippen LogP contribution in [0.2, 0.25) is 0 Å². The van der Waals surface area contributed by atoms with E-state index in [-0.39, 0.29) is 12.5 Å². The van der Waals surface area contributed by atoms with E-state index in [1.165, 1.54) is 14.2 Å². The minimum Gasteiger partial charge on any atom is -0.497 e. The second-order valence-electron chi connectivity index (χ2n) is 7.37. The van der Waals surface area contributed by atoms with Gasteiger partial charge in [-0.1, -0.05) is 13.3 Å². The topological polar surface area (TPSA) is 97.0 Å². The van der Waals surface area contributed by atoms with Crippen molar-refractivity contribution in [3.05, 3.63) is 18.2 Å². The molecule has 1 heterocycles. The Bertz CT molecular complexity index is 771. The van der Waals surface area contributed by atoms with Crippen LogP contribution < -0.4 is 20.1 Å². The maximum atomic E-state index is 12.9. The molecule has 1 spiro atoms. The van der Waals surface area contributed by atoms with Gasteiger partial charge in [0, 0.05) is 6.07 Å². The normalized spacial score (nSPS) is 24.2. The average Bonchev–Trinajstić information content (AvgIpc) is 2.92. The van der Waals surface area contributed by atoms with Crippen LogP contribution in [0.25, 0.3) is 0 Å². The molecule has 2 aliphatic rings. The molecular weight excluding hydrogens is 362 g/mol. The third-order valence-electron chi connectivity index (χ3n) is 5.76. The van der Waals surface area contributed by atoms with Gasteiger partial charge in [0.15, 0.2) is 0 Å². The van der Waals surface area contributed by atoms with Gasteiger partial charge in [-0.2, -0.15) is 0 Å². The number of methoxy groups -OCH3 is 2. The number of ether oxygens (including phenoxy) is 2. The van der Waals surface area contributed by atoms with E-state index in [0.29, 0.717) is 35.9 Å².